The molecule has 2 amide bonds. The highest BCUT2D eigenvalue weighted by atomic mass is 16.2. The Morgan fingerprint density at radius 2 is 1.57 bits per heavy atom. The molecule has 0 bridgehead atoms. The van der Waals surface area contributed by atoms with Crippen LogP contribution in [0.25, 0.3) is 0 Å². The minimum absolute atomic E-state index is 0.0924. The van der Waals surface area contributed by atoms with Crippen molar-refractivity contribution in [2.24, 2.45) is 5.92 Å². The smallest absolute Gasteiger partial charge is 0.237 e. The first kappa shape index (κ1) is 18.2. The lowest BCUT2D eigenvalue weighted by Crippen LogP contribution is -2.55. The Morgan fingerprint density at radius 3 is 2.13 bits per heavy atom. The van der Waals surface area contributed by atoms with Crippen LogP contribution < -0.4 is 5.32 Å². The van der Waals surface area contributed by atoms with E-state index in [1.165, 1.54) is 0 Å². The molecule has 23 heavy (non-hydrogen) atoms. The summed E-state index contributed by atoms with van der Waals surface area (Å²) in [6.45, 7) is 12.7. The van der Waals surface area contributed by atoms with E-state index in [0.717, 1.165) is 58.7 Å². The third kappa shape index (κ3) is 5.46. The van der Waals surface area contributed by atoms with E-state index in [2.05, 4.69) is 29.0 Å². The van der Waals surface area contributed by atoms with Crippen molar-refractivity contribution in [2.75, 3.05) is 52.4 Å². The molecule has 2 fully saturated rings. The fourth-order valence-corrected chi connectivity index (χ4v) is 3.18. The van der Waals surface area contributed by atoms with Crippen LogP contribution in [0.4, 0.5) is 0 Å². The van der Waals surface area contributed by atoms with E-state index in [1.807, 2.05) is 11.8 Å². The second-order valence-electron chi connectivity index (χ2n) is 7.21. The molecule has 0 aliphatic carbocycles. The lowest BCUT2D eigenvalue weighted by atomic mass is 10.2. The molecule has 0 radical (unpaired) electrons. The summed E-state index contributed by atoms with van der Waals surface area (Å²) in [4.78, 5) is 30.8. The molecule has 6 heteroatoms. The Bertz CT molecular complexity index is 399. The fraction of sp³-hybridized carbons (Fsp3) is 0.882. The van der Waals surface area contributed by atoms with Crippen LogP contribution in [-0.4, -0.2) is 84.9 Å². The lowest BCUT2D eigenvalue weighted by Gasteiger charge is -2.37. The third-order valence-electron chi connectivity index (χ3n) is 4.84. The van der Waals surface area contributed by atoms with Crippen molar-refractivity contribution in [2.45, 2.75) is 39.7 Å². The topological polar surface area (TPSA) is 55.9 Å². The average molecular weight is 324 g/mol. The van der Waals surface area contributed by atoms with Gasteiger partial charge in [-0.1, -0.05) is 13.8 Å². The Kier molecular flexibility index (Phi) is 6.84. The van der Waals surface area contributed by atoms with Crippen LogP contribution in [0.5, 0.6) is 0 Å². The van der Waals surface area contributed by atoms with Crippen molar-refractivity contribution >= 4 is 11.8 Å². The zero-order valence-corrected chi connectivity index (χ0v) is 14.9. The Morgan fingerprint density at radius 1 is 0.957 bits per heavy atom. The van der Waals surface area contributed by atoms with E-state index < -0.39 is 0 Å². The predicted molar refractivity (Wildman–Crippen MR) is 91.1 cm³/mol. The highest BCUT2D eigenvalue weighted by Crippen LogP contribution is 2.10. The second-order valence-corrected chi connectivity index (χ2v) is 7.21. The number of piperazine rings is 1. The molecular formula is C17H32N4O2. The SMILES string of the molecule is CC(C)CNC(=O)C(C)N1CCN(CC(=O)N2CCCC2)CC1. The van der Waals surface area contributed by atoms with E-state index in [0.29, 0.717) is 12.5 Å². The molecule has 2 heterocycles. The quantitative estimate of drug-likeness (QED) is 0.768. The number of carbonyl (C=O) groups excluding carboxylic acids is 2. The maximum atomic E-state index is 12.2. The van der Waals surface area contributed by atoms with Gasteiger partial charge >= 0.3 is 0 Å². The van der Waals surface area contributed by atoms with E-state index in [4.69, 9.17) is 0 Å². The minimum Gasteiger partial charge on any atom is -0.354 e. The van der Waals surface area contributed by atoms with Crippen LogP contribution >= 0.6 is 0 Å². The largest absolute Gasteiger partial charge is 0.354 e. The summed E-state index contributed by atoms with van der Waals surface area (Å²) in [5, 5.41) is 3.00. The molecule has 2 aliphatic heterocycles. The summed E-state index contributed by atoms with van der Waals surface area (Å²) in [5.74, 6) is 0.846. The fourth-order valence-electron chi connectivity index (χ4n) is 3.18. The minimum atomic E-state index is -0.0924. The van der Waals surface area contributed by atoms with Crippen molar-refractivity contribution in [3.63, 3.8) is 0 Å². The summed E-state index contributed by atoms with van der Waals surface area (Å²) in [6, 6.07) is -0.0924. The van der Waals surface area contributed by atoms with Gasteiger partial charge in [0.2, 0.25) is 11.8 Å². The molecule has 6 nitrogen and oxygen atoms in total. The van der Waals surface area contributed by atoms with E-state index >= 15 is 0 Å². The number of carbonyl (C=O) groups is 2. The molecule has 0 saturated carbocycles. The number of nitrogens with zero attached hydrogens (tertiary/aromatic N) is 3. The molecule has 2 aliphatic rings. The zero-order valence-electron chi connectivity index (χ0n) is 14.9. The monoisotopic (exact) mass is 324 g/mol. The first-order valence-electron chi connectivity index (χ1n) is 8.99. The van der Waals surface area contributed by atoms with Gasteiger partial charge in [-0.25, -0.2) is 0 Å². The first-order chi connectivity index (χ1) is 11.0. The van der Waals surface area contributed by atoms with Crippen LogP contribution in [0, 0.1) is 5.92 Å². The number of hydrogen-bond donors (Lipinski definition) is 1. The van der Waals surface area contributed by atoms with Crippen molar-refractivity contribution in [3.05, 3.63) is 0 Å². The molecule has 0 aromatic rings. The molecule has 1 atom stereocenters. The van der Waals surface area contributed by atoms with Gasteiger partial charge in [-0.3, -0.25) is 19.4 Å². The summed E-state index contributed by atoms with van der Waals surface area (Å²) in [6.07, 6.45) is 2.28. The maximum Gasteiger partial charge on any atom is 0.237 e. The highest BCUT2D eigenvalue weighted by Gasteiger charge is 2.27. The van der Waals surface area contributed by atoms with Crippen LogP contribution in [-0.2, 0) is 9.59 Å². The molecule has 0 aromatic carbocycles. The number of amides is 2. The number of hydrogen-bond acceptors (Lipinski definition) is 4. The number of rotatable bonds is 6. The van der Waals surface area contributed by atoms with Gasteiger partial charge in [-0.05, 0) is 25.7 Å². The lowest BCUT2D eigenvalue weighted by molar-refractivity contribution is -0.133. The van der Waals surface area contributed by atoms with Crippen molar-refractivity contribution in [3.8, 4) is 0 Å². The van der Waals surface area contributed by atoms with Gasteiger partial charge in [0.25, 0.3) is 0 Å². The van der Waals surface area contributed by atoms with Gasteiger partial charge in [0.1, 0.15) is 0 Å². The van der Waals surface area contributed by atoms with Gasteiger partial charge < -0.3 is 10.2 Å². The summed E-state index contributed by atoms with van der Waals surface area (Å²) in [7, 11) is 0. The van der Waals surface area contributed by atoms with Crippen LogP contribution in [0.1, 0.15) is 33.6 Å². The summed E-state index contributed by atoms with van der Waals surface area (Å²) in [5.41, 5.74) is 0. The van der Waals surface area contributed by atoms with Gasteiger partial charge in [0.15, 0.2) is 0 Å². The van der Waals surface area contributed by atoms with Gasteiger partial charge in [0, 0.05) is 45.8 Å². The molecule has 0 spiro atoms. The Hall–Kier alpha value is -1.14. The van der Waals surface area contributed by atoms with Gasteiger partial charge in [0.05, 0.1) is 12.6 Å². The Labute approximate surface area is 140 Å². The van der Waals surface area contributed by atoms with Crippen LogP contribution in [0.3, 0.4) is 0 Å². The number of nitrogens with one attached hydrogen (secondary N) is 1. The zero-order chi connectivity index (χ0) is 16.8. The summed E-state index contributed by atoms with van der Waals surface area (Å²) >= 11 is 0. The molecule has 1 unspecified atom stereocenters. The normalized spacial score (nSPS) is 21.7. The standard InChI is InChI=1S/C17H32N4O2/c1-14(2)12-18-17(23)15(3)20-10-8-19(9-11-20)13-16(22)21-6-4-5-7-21/h14-15H,4-13H2,1-3H3,(H,18,23). The first-order valence-corrected chi connectivity index (χ1v) is 8.99. The predicted octanol–water partition coefficient (Wildman–Crippen LogP) is 0.387. The third-order valence-corrected chi connectivity index (χ3v) is 4.84. The van der Waals surface area contributed by atoms with Crippen molar-refractivity contribution in [1.82, 2.24) is 20.0 Å². The number of likely N-dealkylation sites (tertiary alicyclic amines) is 1. The molecule has 2 saturated heterocycles. The van der Waals surface area contributed by atoms with Crippen LogP contribution in [0.15, 0.2) is 0 Å². The molecule has 1 N–H and O–H groups in total. The highest BCUT2D eigenvalue weighted by molar-refractivity contribution is 5.81. The van der Waals surface area contributed by atoms with Gasteiger partial charge in [-0.15, -0.1) is 0 Å². The van der Waals surface area contributed by atoms with E-state index in [9.17, 15) is 9.59 Å². The summed E-state index contributed by atoms with van der Waals surface area (Å²) < 4.78 is 0. The van der Waals surface area contributed by atoms with Crippen molar-refractivity contribution in [1.29, 1.82) is 0 Å². The van der Waals surface area contributed by atoms with Crippen molar-refractivity contribution < 1.29 is 9.59 Å². The molecular weight excluding hydrogens is 292 g/mol. The molecule has 132 valence electrons. The molecule has 0 aromatic heterocycles. The van der Waals surface area contributed by atoms with Crippen LogP contribution in [0.2, 0.25) is 0 Å². The van der Waals surface area contributed by atoms with Gasteiger partial charge in [-0.2, -0.15) is 0 Å². The molecule has 2 rings (SSSR count). The van der Waals surface area contributed by atoms with E-state index in [1.54, 1.807) is 0 Å². The second kappa shape index (κ2) is 8.64. The maximum absolute atomic E-state index is 12.2. The Balaban J connectivity index is 1.70. The van der Waals surface area contributed by atoms with E-state index in [-0.39, 0.29) is 17.9 Å². The average Bonchev–Trinajstić information content (AvgIpc) is 3.07.